The molecule has 5 nitrogen and oxygen atoms in total. The molecule has 1 fully saturated rings. The second-order valence-electron chi connectivity index (χ2n) is 6.86. The fourth-order valence-corrected chi connectivity index (χ4v) is 2.82. The van der Waals surface area contributed by atoms with Gasteiger partial charge in [0.25, 0.3) is 0 Å². The molecule has 1 aliphatic rings. The van der Waals surface area contributed by atoms with Gasteiger partial charge in [-0.25, -0.2) is 9.18 Å². The number of halogens is 1. The predicted octanol–water partition coefficient (Wildman–Crippen LogP) is 3.04. The van der Waals surface area contributed by atoms with Crippen LogP contribution in [0.2, 0.25) is 0 Å². The van der Waals surface area contributed by atoms with Gasteiger partial charge in [0.1, 0.15) is 11.4 Å². The largest absolute Gasteiger partial charge is 0.444 e. The molecule has 2 amide bonds. The topological polar surface area (TPSA) is 72.6 Å². The lowest BCUT2D eigenvalue weighted by Gasteiger charge is -2.34. The van der Waals surface area contributed by atoms with Gasteiger partial charge in [-0.15, -0.1) is 0 Å². The van der Waals surface area contributed by atoms with Crippen LogP contribution in [0, 0.1) is 5.82 Å². The fraction of sp³-hybridized carbons (Fsp3) is 0.529. The van der Waals surface area contributed by atoms with Gasteiger partial charge in [0.2, 0.25) is 5.91 Å². The summed E-state index contributed by atoms with van der Waals surface area (Å²) in [5, 5.41) is 0. The summed E-state index contributed by atoms with van der Waals surface area (Å²) < 4.78 is 19.0. The predicted molar refractivity (Wildman–Crippen MR) is 84.7 cm³/mol. The average molecular weight is 322 g/mol. The van der Waals surface area contributed by atoms with E-state index < -0.39 is 17.3 Å². The third kappa shape index (κ3) is 4.43. The molecule has 1 aromatic rings. The number of amides is 2. The highest BCUT2D eigenvalue weighted by Crippen LogP contribution is 2.30. The molecule has 1 unspecified atom stereocenters. The van der Waals surface area contributed by atoms with Gasteiger partial charge in [0.15, 0.2) is 0 Å². The van der Waals surface area contributed by atoms with Crippen molar-refractivity contribution >= 4 is 12.0 Å². The Morgan fingerprint density at radius 1 is 1.35 bits per heavy atom. The van der Waals surface area contributed by atoms with Gasteiger partial charge in [0, 0.05) is 24.6 Å². The Hall–Kier alpha value is -2.11. The summed E-state index contributed by atoms with van der Waals surface area (Å²) in [5.41, 5.74) is 5.68. The number of nitrogens with two attached hydrogens (primary N) is 1. The standard InChI is InChI=1S/C17H23FN2O3/c1-17(2,3)23-16(22)20-8-4-5-11(10-20)14-9-12(18)6-7-13(14)15(19)21/h6-7,9,11H,4-5,8,10H2,1-3H3,(H2,19,21). The van der Waals surface area contributed by atoms with Crippen molar-refractivity contribution in [3.63, 3.8) is 0 Å². The average Bonchev–Trinajstić information content (AvgIpc) is 2.45. The highest BCUT2D eigenvalue weighted by atomic mass is 19.1. The van der Waals surface area contributed by atoms with E-state index in [4.69, 9.17) is 10.5 Å². The summed E-state index contributed by atoms with van der Waals surface area (Å²) in [7, 11) is 0. The van der Waals surface area contributed by atoms with Gasteiger partial charge in [0.05, 0.1) is 0 Å². The van der Waals surface area contributed by atoms with Crippen LogP contribution >= 0.6 is 0 Å². The summed E-state index contributed by atoms with van der Waals surface area (Å²) in [6.45, 7) is 6.41. The van der Waals surface area contributed by atoms with Crippen LogP contribution in [-0.2, 0) is 4.74 Å². The van der Waals surface area contributed by atoms with Crippen LogP contribution < -0.4 is 5.73 Å². The van der Waals surface area contributed by atoms with Crippen molar-refractivity contribution in [1.82, 2.24) is 4.90 Å². The SMILES string of the molecule is CC(C)(C)OC(=O)N1CCCC(c2cc(F)ccc2C(N)=O)C1. The Balaban J connectivity index is 2.20. The number of ether oxygens (including phenoxy) is 1. The molecule has 1 aliphatic heterocycles. The number of likely N-dealkylation sites (tertiary alicyclic amines) is 1. The number of rotatable bonds is 2. The minimum absolute atomic E-state index is 0.130. The Bertz CT molecular complexity index is 610. The van der Waals surface area contributed by atoms with Crippen molar-refractivity contribution in [3.05, 3.63) is 35.1 Å². The van der Waals surface area contributed by atoms with Gasteiger partial charge < -0.3 is 15.4 Å². The van der Waals surface area contributed by atoms with Crippen molar-refractivity contribution < 1.29 is 18.7 Å². The van der Waals surface area contributed by atoms with Crippen molar-refractivity contribution in [3.8, 4) is 0 Å². The Labute approximate surface area is 135 Å². The molecular weight excluding hydrogens is 299 g/mol. The fourth-order valence-electron chi connectivity index (χ4n) is 2.82. The zero-order valence-corrected chi connectivity index (χ0v) is 13.8. The Morgan fingerprint density at radius 2 is 2.04 bits per heavy atom. The maximum absolute atomic E-state index is 13.6. The number of piperidine rings is 1. The minimum atomic E-state index is -0.589. The van der Waals surface area contributed by atoms with Crippen molar-refractivity contribution in [2.45, 2.75) is 45.1 Å². The summed E-state index contributed by atoms with van der Waals surface area (Å²) in [6.07, 6.45) is 1.14. The highest BCUT2D eigenvalue weighted by Gasteiger charge is 2.30. The van der Waals surface area contributed by atoms with Crippen LogP contribution in [0.3, 0.4) is 0 Å². The molecule has 0 radical (unpaired) electrons. The number of carbonyl (C=O) groups excluding carboxylic acids is 2. The van der Waals surface area contributed by atoms with E-state index in [0.717, 1.165) is 12.8 Å². The quantitative estimate of drug-likeness (QED) is 0.909. The first-order valence-electron chi connectivity index (χ1n) is 7.74. The Morgan fingerprint density at radius 3 is 2.65 bits per heavy atom. The van der Waals surface area contributed by atoms with E-state index >= 15 is 0 Å². The number of hydrogen-bond acceptors (Lipinski definition) is 3. The highest BCUT2D eigenvalue weighted by molar-refractivity contribution is 5.94. The Kier molecular flexibility index (Phi) is 4.92. The van der Waals surface area contributed by atoms with Crippen LogP contribution in [-0.4, -0.2) is 35.6 Å². The summed E-state index contributed by atoms with van der Waals surface area (Å²) in [6, 6.07) is 3.96. The second-order valence-corrected chi connectivity index (χ2v) is 6.86. The summed E-state index contributed by atoms with van der Waals surface area (Å²) in [5.74, 6) is -1.14. The van der Waals surface area contributed by atoms with Crippen LogP contribution in [0.25, 0.3) is 0 Å². The van der Waals surface area contributed by atoms with E-state index in [9.17, 15) is 14.0 Å². The lowest BCUT2D eigenvalue weighted by molar-refractivity contribution is 0.0198. The van der Waals surface area contributed by atoms with Gasteiger partial charge >= 0.3 is 6.09 Å². The molecule has 2 rings (SSSR count). The van der Waals surface area contributed by atoms with Crippen LogP contribution in [0.5, 0.6) is 0 Å². The van der Waals surface area contributed by atoms with Gasteiger partial charge in [-0.2, -0.15) is 0 Å². The molecule has 0 aliphatic carbocycles. The van der Waals surface area contributed by atoms with E-state index in [1.165, 1.54) is 18.2 Å². The van der Waals surface area contributed by atoms with E-state index in [1.807, 2.05) is 20.8 Å². The maximum atomic E-state index is 13.6. The van der Waals surface area contributed by atoms with Crippen LogP contribution in [0.15, 0.2) is 18.2 Å². The molecular formula is C17H23FN2O3. The number of hydrogen-bond donors (Lipinski definition) is 1. The molecule has 0 bridgehead atoms. The van der Waals surface area contributed by atoms with E-state index in [0.29, 0.717) is 24.2 Å². The molecule has 1 aromatic carbocycles. The first kappa shape index (κ1) is 17.2. The van der Waals surface area contributed by atoms with E-state index in [1.54, 1.807) is 4.90 Å². The minimum Gasteiger partial charge on any atom is -0.444 e. The smallest absolute Gasteiger partial charge is 0.410 e. The van der Waals surface area contributed by atoms with E-state index in [2.05, 4.69) is 0 Å². The third-order valence-corrected chi connectivity index (χ3v) is 3.79. The van der Waals surface area contributed by atoms with Gasteiger partial charge in [-0.1, -0.05) is 0 Å². The molecule has 1 saturated heterocycles. The molecule has 1 heterocycles. The van der Waals surface area contributed by atoms with E-state index in [-0.39, 0.29) is 12.0 Å². The van der Waals surface area contributed by atoms with Crippen molar-refractivity contribution in [2.75, 3.05) is 13.1 Å². The van der Waals surface area contributed by atoms with Crippen molar-refractivity contribution in [2.24, 2.45) is 5.73 Å². The zero-order valence-electron chi connectivity index (χ0n) is 13.8. The molecule has 2 N–H and O–H groups in total. The molecule has 23 heavy (non-hydrogen) atoms. The number of carbonyl (C=O) groups is 2. The monoisotopic (exact) mass is 322 g/mol. The van der Waals surface area contributed by atoms with Crippen LogP contribution in [0.4, 0.5) is 9.18 Å². The third-order valence-electron chi connectivity index (χ3n) is 3.79. The zero-order chi connectivity index (χ0) is 17.2. The maximum Gasteiger partial charge on any atom is 0.410 e. The first-order chi connectivity index (χ1) is 10.7. The first-order valence-corrected chi connectivity index (χ1v) is 7.74. The normalized spacial score (nSPS) is 18.6. The summed E-state index contributed by atoms with van der Waals surface area (Å²) in [4.78, 5) is 25.4. The molecule has 0 aromatic heterocycles. The molecule has 0 spiro atoms. The lowest BCUT2D eigenvalue weighted by Crippen LogP contribution is -2.42. The lowest BCUT2D eigenvalue weighted by atomic mass is 9.87. The molecule has 126 valence electrons. The van der Waals surface area contributed by atoms with Crippen LogP contribution in [0.1, 0.15) is 55.5 Å². The number of benzene rings is 1. The second kappa shape index (κ2) is 6.56. The number of primary amides is 1. The molecule has 1 atom stereocenters. The number of nitrogens with zero attached hydrogens (tertiary/aromatic N) is 1. The van der Waals surface area contributed by atoms with Gasteiger partial charge in [-0.05, 0) is 57.4 Å². The van der Waals surface area contributed by atoms with Crippen molar-refractivity contribution in [1.29, 1.82) is 0 Å². The molecule has 0 saturated carbocycles. The van der Waals surface area contributed by atoms with Gasteiger partial charge in [-0.3, -0.25) is 4.79 Å². The molecule has 6 heteroatoms. The summed E-state index contributed by atoms with van der Waals surface area (Å²) >= 11 is 0.